The van der Waals surface area contributed by atoms with Gasteiger partial charge < -0.3 is 15.4 Å². The first kappa shape index (κ1) is 18.1. The maximum atomic E-state index is 13.1. The summed E-state index contributed by atoms with van der Waals surface area (Å²) in [7, 11) is 0. The molecular weight excluding hydrogens is 388 g/mol. The summed E-state index contributed by atoms with van der Waals surface area (Å²) in [6, 6.07) is 9.25. The summed E-state index contributed by atoms with van der Waals surface area (Å²) in [6.45, 7) is 3.22. The first-order valence-corrected chi connectivity index (χ1v) is 10.4. The van der Waals surface area contributed by atoms with Crippen molar-refractivity contribution in [3.05, 3.63) is 47.0 Å². The van der Waals surface area contributed by atoms with Gasteiger partial charge in [-0.3, -0.25) is 9.69 Å². The van der Waals surface area contributed by atoms with E-state index in [4.69, 9.17) is 4.74 Å². The van der Waals surface area contributed by atoms with Crippen LogP contribution in [-0.2, 0) is 4.74 Å². The largest absolute Gasteiger partial charge is 0.379 e. The molecule has 4 heterocycles. The fourth-order valence-electron chi connectivity index (χ4n) is 3.90. The molecule has 7 nitrogen and oxygen atoms in total. The van der Waals surface area contributed by atoms with Crippen LogP contribution in [-0.4, -0.2) is 36.2 Å². The van der Waals surface area contributed by atoms with Gasteiger partial charge in [0.05, 0.1) is 35.1 Å². The van der Waals surface area contributed by atoms with Gasteiger partial charge in [-0.15, -0.1) is 11.3 Å². The average molecular weight is 408 g/mol. The number of rotatable bonds is 3. The van der Waals surface area contributed by atoms with E-state index >= 15 is 0 Å². The van der Waals surface area contributed by atoms with E-state index in [1.54, 1.807) is 11.1 Å². The molecule has 2 aliphatic heterocycles. The number of nitrogens with one attached hydrogen (secondary N) is 2. The first-order chi connectivity index (χ1) is 14.1. The van der Waals surface area contributed by atoms with Crippen LogP contribution in [0.25, 0.3) is 10.2 Å². The minimum Gasteiger partial charge on any atom is -0.379 e. The summed E-state index contributed by atoms with van der Waals surface area (Å²) in [5, 5.41) is 6.76. The third-order valence-electron chi connectivity index (χ3n) is 5.30. The molecule has 8 heteroatoms. The van der Waals surface area contributed by atoms with Crippen molar-refractivity contribution in [2.75, 3.05) is 23.4 Å². The number of nitrogens with zero attached hydrogens (tertiary/aromatic N) is 2. The second kappa shape index (κ2) is 7.13. The van der Waals surface area contributed by atoms with Crippen LogP contribution in [0.4, 0.5) is 21.9 Å². The Morgan fingerprint density at radius 1 is 1.31 bits per heavy atom. The molecule has 29 heavy (non-hydrogen) atoms. The Morgan fingerprint density at radius 2 is 2.17 bits per heavy atom. The molecule has 0 spiro atoms. The number of aromatic nitrogens is 1. The Balaban J connectivity index is 1.58. The van der Waals surface area contributed by atoms with Crippen LogP contribution in [0.2, 0.25) is 0 Å². The molecular formula is C21H20N4O3S. The fourth-order valence-corrected chi connectivity index (χ4v) is 4.93. The highest BCUT2D eigenvalue weighted by Crippen LogP contribution is 2.46. The Morgan fingerprint density at radius 3 is 2.97 bits per heavy atom. The van der Waals surface area contributed by atoms with Gasteiger partial charge in [0, 0.05) is 12.8 Å². The number of ether oxygens (including phenoxy) is 1. The Bertz CT molecular complexity index is 1120. The van der Waals surface area contributed by atoms with Crippen LogP contribution in [0.1, 0.15) is 28.1 Å². The molecule has 3 amide bonds. The molecule has 2 aliphatic rings. The van der Waals surface area contributed by atoms with Crippen molar-refractivity contribution in [2.45, 2.75) is 25.8 Å². The standard InChI is InChI=1S/C21H20N4O3S/c1-12-5-2-3-7-14(12)25-15-8-9-22-20-16(15)17(24-21(25)27)18(29-20)19(26)23-13-6-4-10-28-11-13/h2-3,5,7-9,13H,4,6,10-11H2,1H3,(H,23,26)(H,24,27)/t13-/m0/s1. The minimum atomic E-state index is -0.284. The van der Waals surface area contributed by atoms with Gasteiger partial charge in [0.1, 0.15) is 9.71 Å². The number of aryl methyl sites for hydroxylation is 1. The quantitative estimate of drug-likeness (QED) is 0.680. The van der Waals surface area contributed by atoms with Gasteiger partial charge in [-0.05, 0) is 37.5 Å². The maximum absolute atomic E-state index is 13.1. The zero-order valence-corrected chi connectivity index (χ0v) is 16.7. The molecule has 0 radical (unpaired) electrons. The lowest BCUT2D eigenvalue weighted by atomic mass is 10.1. The zero-order valence-electron chi connectivity index (χ0n) is 15.9. The van der Waals surface area contributed by atoms with Crippen LogP contribution in [0.3, 0.4) is 0 Å². The van der Waals surface area contributed by atoms with Crippen molar-refractivity contribution in [1.82, 2.24) is 10.3 Å². The number of hydrogen-bond acceptors (Lipinski definition) is 5. The molecule has 2 aromatic heterocycles. The number of hydrogen-bond donors (Lipinski definition) is 2. The third-order valence-corrected chi connectivity index (χ3v) is 6.40. The number of carbonyl (C=O) groups excluding carboxylic acids is 2. The third kappa shape index (κ3) is 3.04. The number of carbonyl (C=O) groups is 2. The lowest BCUT2D eigenvalue weighted by Gasteiger charge is -2.29. The van der Waals surface area contributed by atoms with E-state index in [1.165, 1.54) is 11.3 Å². The number of anilines is 3. The second-order valence-electron chi connectivity index (χ2n) is 7.26. The average Bonchev–Trinajstić information content (AvgIpc) is 3.10. The monoisotopic (exact) mass is 408 g/mol. The molecule has 0 unspecified atom stereocenters. The highest BCUT2D eigenvalue weighted by atomic mass is 32.1. The molecule has 0 saturated carbocycles. The number of benzene rings is 1. The van der Waals surface area contributed by atoms with Crippen molar-refractivity contribution in [2.24, 2.45) is 0 Å². The molecule has 1 atom stereocenters. The van der Waals surface area contributed by atoms with E-state index in [2.05, 4.69) is 15.6 Å². The fraction of sp³-hybridized carbons (Fsp3) is 0.286. The SMILES string of the molecule is Cc1ccccc1N1C(=O)Nc2c(C(=O)N[C@H]3CCCOC3)sc3nccc1c23. The summed E-state index contributed by atoms with van der Waals surface area (Å²) >= 11 is 1.30. The summed E-state index contributed by atoms with van der Waals surface area (Å²) in [6.07, 6.45) is 3.50. The van der Waals surface area contributed by atoms with Crippen LogP contribution < -0.4 is 15.5 Å². The number of pyridine rings is 1. The van der Waals surface area contributed by atoms with Crippen molar-refractivity contribution in [3.8, 4) is 0 Å². The Labute approximate surface area is 171 Å². The maximum Gasteiger partial charge on any atom is 0.331 e. The van der Waals surface area contributed by atoms with E-state index in [9.17, 15) is 9.59 Å². The van der Waals surface area contributed by atoms with Crippen molar-refractivity contribution in [1.29, 1.82) is 0 Å². The molecule has 5 rings (SSSR count). The molecule has 3 aromatic rings. The second-order valence-corrected chi connectivity index (χ2v) is 8.26. The highest BCUT2D eigenvalue weighted by molar-refractivity contribution is 7.21. The summed E-state index contributed by atoms with van der Waals surface area (Å²) in [5.41, 5.74) is 3.07. The normalized spacial score (nSPS) is 18.6. The van der Waals surface area contributed by atoms with Crippen molar-refractivity contribution >= 4 is 50.6 Å². The van der Waals surface area contributed by atoms with Gasteiger partial charge >= 0.3 is 6.03 Å². The molecule has 148 valence electrons. The van der Waals surface area contributed by atoms with Crippen LogP contribution in [0, 0.1) is 6.92 Å². The lowest BCUT2D eigenvalue weighted by molar-refractivity contribution is 0.0626. The highest BCUT2D eigenvalue weighted by Gasteiger charge is 2.33. The van der Waals surface area contributed by atoms with Gasteiger partial charge in [0.2, 0.25) is 0 Å². The van der Waals surface area contributed by atoms with Gasteiger partial charge in [-0.25, -0.2) is 9.78 Å². The van der Waals surface area contributed by atoms with E-state index in [-0.39, 0.29) is 18.0 Å². The summed E-state index contributed by atoms with van der Waals surface area (Å²) in [4.78, 5) is 33.3. The first-order valence-electron chi connectivity index (χ1n) is 9.60. The van der Waals surface area contributed by atoms with Crippen molar-refractivity contribution in [3.63, 3.8) is 0 Å². The predicted octanol–water partition coefficient (Wildman–Crippen LogP) is 4.20. The molecule has 1 fully saturated rings. The van der Waals surface area contributed by atoms with Crippen LogP contribution >= 0.6 is 11.3 Å². The van der Waals surface area contributed by atoms with E-state index in [1.807, 2.05) is 37.3 Å². The van der Waals surface area contributed by atoms with Crippen molar-refractivity contribution < 1.29 is 14.3 Å². The number of thiophene rings is 1. The van der Waals surface area contributed by atoms with Gasteiger partial charge in [-0.2, -0.15) is 0 Å². The summed E-state index contributed by atoms with van der Waals surface area (Å²) < 4.78 is 5.46. The number of urea groups is 1. The van der Waals surface area contributed by atoms with Crippen LogP contribution in [0.15, 0.2) is 36.5 Å². The van der Waals surface area contributed by atoms with Gasteiger partial charge in [0.25, 0.3) is 5.91 Å². The zero-order chi connectivity index (χ0) is 20.0. The molecule has 1 aromatic carbocycles. The van der Waals surface area contributed by atoms with E-state index < -0.39 is 0 Å². The minimum absolute atomic E-state index is 0.0103. The smallest absolute Gasteiger partial charge is 0.331 e. The van der Waals surface area contributed by atoms with Gasteiger partial charge in [-0.1, -0.05) is 18.2 Å². The lowest BCUT2D eigenvalue weighted by Crippen LogP contribution is -2.41. The number of amides is 3. The predicted molar refractivity (Wildman–Crippen MR) is 113 cm³/mol. The molecule has 0 bridgehead atoms. The van der Waals surface area contributed by atoms with Gasteiger partial charge in [0.15, 0.2) is 0 Å². The Kier molecular flexibility index (Phi) is 4.44. The van der Waals surface area contributed by atoms with Crippen LogP contribution in [0.5, 0.6) is 0 Å². The van der Waals surface area contributed by atoms with E-state index in [0.29, 0.717) is 17.2 Å². The Hall–Kier alpha value is -2.97. The topological polar surface area (TPSA) is 83.6 Å². The summed E-state index contributed by atoms with van der Waals surface area (Å²) in [5.74, 6) is -0.200. The van der Waals surface area contributed by atoms with E-state index in [0.717, 1.165) is 46.6 Å². The molecule has 1 saturated heterocycles. The number of para-hydroxylation sites is 1. The molecule has 2 N–H and O–H groups in total. The molecule has 0 aliphatic carbocycles.